The lowest BCUT2D eigenvalue weighted by molar-refractivity contribution is 0.305. The number of halogens is 1. The first-order valence-corrected chi connectivity index (χ1v) is 8.28. The summed E-state index contributed by atoms with van der Waals surface area (Å²) in [4.78, 5) is 8.70. The van der Waals surface area contributed by atoms with E-state index in [1.165, 1.54) is 0 Å². The van der Waals surface area contributed by atoms with E-state index in [9.17, 15) is 0 Å². The van der Waals surface area contributed by atoms with Gasteiger partial charge in [0, 0.05) is 23.7 Å². The summed E-state index contributed by atoms with van der Waals surface area (Å²) in [6.07, 6.45) is 2.45. The third kappa shape index (κ3) is 5.28. The molecule has 6 nitrogen and oxygen atoms in total. The van der Waals surface area contributed by atoms with Crippen molar-refractivity contribution in [2.45, 2.75) is 32.9 Å². The van der Waals surface area contributed by atoms with E-state index in [1.807, 2.05) is 50.4 Å². The summed E-state index contributed by atoms with van der Waals surface area (Å²) in [5, 5.41) is 7.21. The SMILES string of the molecule is CNC(C)Cc1noc(-c2cccc(COc3ccc(C)nc3)c2)n1.Cl. The van der Waals surface area contributed by atoms with Crippen LogP contribution in [0.1, 0.15) is 24.0 Å². The van der Waals surface area contributed by atoms with Gasteiger partial charge in [-0.2, -0.15) is 4.98 Å². The zero-order chi connectivity index (χ0) is 17.6. The zero-order valence-electron chi connectivity index (χ0n) is 15.1. The molecule has 2 heterocycles. The number of pyridine rings is 1. The van der Waals surface area contributed by atoms with Crippen LogP contribution in [0.4, 0.5) is 0 Å². The Morgan fingerprint density at radius 3 is 2.81 bits per heavy atom. The Balaban J connectivity index is 0.00000243. The van der Waals surface area contributed by atoms with E-state index >= 15 is 0 Å². The molecule has 0 aliphatic rings. The van der Waals surface area contributed by atoms with Crippen LogP contribution in [-0.2, 0) is 13.0 Å². The Morgan fingerprint density at radius 2 is 2.08 bits per heavy atom. The van der Waals surface area contributed by atoms with Crippen molar-refractivity contribution >= 4 is 12.4 Å². The molecule has 0 amide bonds. The van der Waals surface area contributed by atoms with Crippen LogP contribution in [-0.4, -0.2) is 28.2 Å². The quantitative estimate of drug-likeness (QED) is 0.681. The highest BCUT2D eigenvalue weighted by molar-refractivity contribution is 5.85. The van der Waals surface area contributed by atoms with Crippen LogP contribution in [0.3, 0.4) is 0 Å². The number of ether oxygens (including phenoxy) is 1. The van der Waals surface area contributed by atoms with Crippen molar-refractivity contribution in [3.63, 3.8) is 0 Å². The van der Waals surface area contributed by atoms with Gasteiger partial charge in [-0.1, -0.05) is 17.3 Å². The second kappa shape index (κ2) is 9.31. The summed E-state index contributed by atoms with van der Waals surface area (Å²) in [5.41, 5.74) is 2.88. The predicted octanol–water partition coefficient (Wildman–Crippen LogP) is 3.59. The van der Waals surface area contributed by atoms with Crippen LogP contribution in [0, 0.1) is 6.92 Å². The summed E-state index contributed by atoms with van der Waals surface area (Å²) in [6.45, 7) is 4.48. The average Bonchev–Trinajstić information content (AvgIpc) is 3.10. The molecule has 0 saturated heterocycles. The molecule has 3 aromatic rings. The first kappa shape index (κ1) is 19.9. The van der Waals surface area contributed by atoms with E-state index in [-0.39, 0.29) is 12.4 Å². The summed E-state index contributed by atoms with van der Waals surface area (Å²) >= 11 is 0. The van der Waals surface area contributed by atoms with Gasteiger partial charge in [0.1, 0.15) is 12.4 Å². The van der Waals surface area contributed by atoms with Crippen molar-refractivity contribution in [1.29, 1.82) is 0 Å². The van der Waals surface area contributed by atoms with Crippen molar-refractivity contribution in [2.75, 3.05) is 7.05 Å². The number of nitrogens with one attached hydrogen (secondary N) is 1. The van der Waals surface area contributed by atoms with Gasteiger partial charge in [-0.15, -0.1) is 12.4 Å². The van der Waals surface area contributed by atoms with Crippen LogP contribution < -0.4 is 10.1 Å². The fourth-order valence-corrected chi connectivity index (χ4v) is 2.33. The van der Waals surface area contributed by atoms with Crippen molar-refractivity contribution in [1.82, 2.24) is 20.4 Å². The summed E-state index contributed by atoms with van der Waals surface area (Å²) < 4.78 is 11.2. The number of hydrogen-bond donors (Lipinski definition) is 1. The van der Waals surface area contributed by atoms with E-state index in [0.29, 0.717) is 24.4 Å². The van der Waals surface area contributed by atoms with E-state index in [0.717, 1.165) is 29.0 Å². The predicted molar refractivity (Wildman–Crippen MR) is 103 cm³/mol. The lowest BCUT2D eigenvalue weighted by Gasteiger charge is -2.07. The molecule has 7 heteroatoms. The molecule has 0 aliphatic heterocycles. The van der Waals surface area contributed by atoms with E-state index in [1.54, 1.807) is 6.20 Å². The van der Waals surface area contributed by atoms with Crippen LogP contribution in [0.5, 0.6) is 5.75 Å². The third-order valence-corrected chi connectivity index (χ3v) is 3.91. The fraction of sp³-hybridized carbons (Fsp3) is 0.316. The third-order valence-electron chi connectivity index (χ3n) is 3.91. The molecule has 1 N–H and O–H groups in total. The van der Waals surface area contributed by atoms with E-state index in [4.69, 9.17) is 9.26 Å². The Labute approximate surface area is 159 Å². The normalized spacial score (nSPS) is 11.7. The van der Waals surface area contributed by atoms with Gasteiger partial charge in [0.05, 0.1) is 6.20 Å². The molecule has 3 rings (SSSR count). The Morgan fingerprint density at radius 1 is 1.23 bits per heavy atom. The Kier molecular flexibility index (Phi) is 7.12. The van der Waals surface area contributed by atoms with Crippen molar-refractivity contribution in [3.8, 4) is 17.2 Å². The fourth-order valence-electron chi connectivity index (χ4n) is 2.33. The molecule has 138 valence electrons. The smallest absolute Gasteiger partial charge is 0.257 e. The highest BCUT2D eigenvalue weighted by atomic mass is 35.5. The molecular formula is C19H23ClN4O2. The highest BCUT2D eigenvalue weighted by Gasteiger charge is 2.11. The summed E-state index contributed by atoms with van der Waals surface area (Å²) in [5.74, 6) is 1.97. The summed E-state index contributed by atoms with van der Waals surface area (Å²) in [6, 6.07) is 12.1. The number of rotatable bonds is 7. The number of aryl methyl sites for hydroxylation is 1. The zero-order valence-corrected chi connectivity index (χ0v) is 15.9. The molecule has 0 spiro atoms. The molecule has 0 fully saturated rings. The van der Waals surface area contributed by atoms with Gasteiger partial charge in [0.25, 0.3) is 5.89 Å². The topological polar surface area (TPSA) is 73.1 Å². The molecule has 0 aliphatic carbocycles. The minimum Gasteiger partial charge on any atom is -0.487 e. The molecule has 1 atom stereocenters. The number of likely N-dealkylation sites (N-methyl/N-ethyl adjacent to an activating group) is 1. The van der Waals surface area contributed by atoms with E-state index < -0.39 is 0 Å². The minimum atomic E-state index is 0. The van der Waals surface area contributed by atoms with Crippen LogP contribution in [0.25, 0.3) is 11.5 Å². The lowest BCUT2D eigenvalue weighted by atomic mass is 10.1. The van der Waals surface area contributed by atoms with Crippen molar-refractivity contribution < 1.29 is 9.26 Å². The summed E-state index contributed by atoms with van der Waals surface area (Å²) in [7, 11) is 1.92. The number of aromatic nitrogens is 3. The van der Waals surface area contributed by atoms with Gasteiger partial charge in [-0.05, 0) is 50.7 Å². The average molecular weight is 375 g/mol. The highest BCUT2D eigenvalue weighted by Crippen LogP contribution is 2.20. The maximum Gasteiger partial charge on any atom is 0.257 e. The molecule has 26 heavy (non-hydrogen) atoms. The second-order valence-electron chi connectivity index (χ2n) is 6.03. The second-order valence-corrected chi connectivity index (χ2v) is 6.03. The minimum absolute atomic E-state index is 0. The van der Waals surface area contributed by atoms with E-state index in [2.05, 4.69) is 27.4 Å². The standard InChI is InChI=1S/C19H22N4O2.ClH/c1-13-7-8-17(11-21-13)24-12-15-5-4-6-16(10-15)19-22-18(23-25-19)9-14(2)20-3;/h4-8,10-11,14,20H,9,12H2,1-3H3;1H. The Bertz CT molecular complexity index is 820. The molecule has 0 radical (unpaired) electrons. The van der Waals surface area contributed by atoms with Crippen molar-refractivity contribution in [3.05, 3.63) is 59.7 Å². The van der Waals surface area contributed by atoms with Gasteiger partial charge in [-0.3, -0.25) is 4.98 Å². The van der Waals surface area contributed by atoms with Gasteiger partial charge in [0.2, 0.25) is 0 Å². The number of nitrogens with zero attached hydrogens (tertiary/aromatic N) is 3. The van der Waals surface area contributed by atoms with Gasteiger partial charge >= 0.3 is 0 Å². The Hall–Kier alpha value is -2.44. The van der Waals surface area contributed by atoms with Crippen molar-refractivity contribution in [2.24, 2.45) is 0 Å². The van der Waals surface area contributed by atoms with Gasteiger partial charge < -0.3 is 14.6 Å². The molecular weight excluding hydrogens is 352 g/mol. The molecule has 0 bridgehead atoms. The van der Waals surface area contributed by atoms with Crippen LogP contribution in [0.15, 0.2) is 47.1 Å². The molecule has 1 unspecified atom stereocenters. The number of benzene rings is 1. The lowest BCUT2D eigenvalue weighted by Crippen LogP contribution is -2.24. The maximum absolute atomic E-state index is 5.77. The maximum atomic E-state index is 5.77. The number of hydrogen-bond acceptors (Lipinski definition) is 6. The monoisotopic (exact) mass is 374 g/mol. The van der Waals surface area contributed by atoms with Gasteiger partial charge in [-0.25, -0.2) is 0 Å². The van der Waals surface area contributed by atoms with Crippen LogP contribution in [0.2, 0.25) is 0 Å². The molecule has 2 aromatic heterocycles. The van der Waals surface area contributed by atoms with Gasteiger partial charge in [0.15, 0.2) is 5.82 Å². The largest absolute Gasteiger partial charge is 0.487 e. The first-order chi connectivity index (χ1) is 12.1. The van der Waals surface area contributed by atoms with Crippen LogP contribution >= 0.6 is 12.4 Å². The first-order valence-electron chi connectivity index (χ1n) is 8.28. The molecule has 0 saturated carbocycles. The molecule has 1 aromatic carbocycles.